The third-order valence-electron chi connectivity index (χ3n) is 2.52. The fourth-order valence-corrected chi connectivity index (χ4v) is 3.85. The average Bonchev–Trinajstić information content (AvgIpc) is 2.33. The molecule has 0 amide bonds. The van der Waals surface area contributed by atoms with Crippen LogP contribution in [0.3, 0.4) is 0 Å². The van der Waals surface area contributed by atoms with Crippen molar-refractivity contribution in [3.8, 4) is 0 Å². The quantitative estimate of drug-likeness (QED) is 0.921. The van der Waals surface area contributed by atoms with Gasteiger partial charge in [-0.2, -0.15) is 0 Å². The summed E-state index contributed by atoms with van der Waals surface area (Å²) in [7, 11) is -3.75. The summed E-state index contributed by atoms with van der Waals surface area (Å²) in [5.41, 5.74) is -0.476. The molecular weight excluding hydrogens is 345 g/mol. The molecule has 0 radical (unpaired) electrons. The second-order valence-electron chi connectivity index (χ2n) is 4.02. The highest BCUT2D eigenvalue weighted by atomic mass is 35.5. The maximum atomic E-state index is 12.3. The number of pyridine rings is 1. The number of sulfone groups is 1. The number of H-pyrrole nitrogens is 1. The molecule has 0 bridgehead atoms. The van der Waals surface area contributed by atoms with E-state index in [-0.39, 0.29) is 25.5 Å². The summed E-state index contributed by atoms with van der Waals surface area (Å²) < 4.78 is 24.5. The lowest BCUT2D eigenvalue weighted by Gasteiger charge is -2.06. The molecule has 0 unspecified atom stereocenters. The second kappa shape index (κ2) is 5.77. The van der Waals surface area contributed by atoms with E-state index in [1.165, 1.54) is 30.6 Å². The second-order valence-corrected chi connectivity index (χ2v) is 7.29. The predicted molar refractivity (Wildman–Crippen MR) is 79.4 cm³/mol. The number of nitrogens with one attached hydrogen (secondary N) is 1. The Labute approximate surface area is 130 Å². The first-order valence-electron chi connectivity index (χ1n) is 5.34. The van der Waals surface area contributed by atoms with Gasteiger partial charge in [0.2, 0.25) is 5.43 Å². The minimum atomic E-state index is -3.75. The topological polar surface area (TPSA) is 67.0 Å². The largest absolute Gasteiger partial charge is 0.366 e. The third kappa shape index (κ3) is 3.35. The SMILES string of the molecule is O=c1c(Cl)c[nH]cc1CS(=O)(=O)c1cc(Cl)cc(Cl)c1. The van der Waals surface area contributed by atoms with Crippen molar-refractivity contribution in [2.24, 2.45) is 0 Å². The standard InChI is InChI=1S/C12H8Cl3NO3S/c13-8-1-9(14)3-10(2-8)20(18,19)6-7-4-16-5-11(15)12(7)17/h1-5H,6H2,(H,16,17). The number of rotatable bonds is 3. The van der Waals surface area contributed by atoms with Crippen LogP contribution in [0, 0.1) is 0 Å². The van der Waals surface area contributed by atoms with E-state index in [2.05, 4.69) is 4.98 Å². The number of halogens is 3. The lowest BCUT2D eigenvalue weighted by molar-refractivity contribution is 0.595. The minimum Gasteiger partial charge on any atom is -0.366 e. The van der Waals surface area contributed by atoms with Gasteiger partial charge in [0.1, 0.15) is 5.02 Å². The normalized spacial score (nSPS) is 11.6. The van der Waals surface area contributed by atoms with Crippen LogP contribution in [0.15, 0.2) is 40.3 Å². The molecule has 106 valence electrons. The van der Waals surface area contributed by atoms with E-state index >= 15 is 0 Å². The summed E-state index contributed by atoms with van der Waals surface area (Å²) in [6.07, 6.45) is 2.59. The zero-order valence-electron chi connectivity index (χ0n) is 9.86. The van der Waals surface area contributed by atoms with E-state index in [1.54, 1.807) is 0 Å². The Morgan fingerprint density at radius 3 is 2.20 bits per heavy atom. The number of hydrogen-bond donors (Lipinski definition) is 1. The molecule has 8 heteroatoms. The van der Waals surface area contributed by atoms with Crippen LogP contribution in [0.2, 0.25) is 15.1 Å². The van der Waals surface area contributed by atoms with Crippen molar-refractivity contribution in [1.82, 2.24) is 4.98 Å². The predicted octanol–water partition coefficient (Wildman–Crippen LogP) is 3.31. The van der Waals surface area contributed by atoms with Crippen LogP contribution >= 0.6 is 34.8 Å². The highest BCUT2D eigenvalue weighted by Gasteiger charge is 2.19. The van der Waals surface area contributed by atoms with Gasteiger partial charge in [-0.05, 0) is 18.2 Å². The van der Waals surface area contributed by atoms with Gasteiger partial charge in [-0.15, -0.1) is 0 Å². The van der Waals surface area contributed by atoms with Gasteiger partial charge in [0, 0.05) is 28.0 Å². The van der Waals surface area contributed by atoms with Crippen molar-refractivity contribution in [3.63, 3.8) is 0 Å². The molecule has 0 atom stereocenters. The molecule has 2 aromatic rings. The van der Waals surface area contributed by atoms with Crippen molar-refractivity contribution < 1.29 is 8.42 Å². The summed E-state index contributed by atoms with van der Waals surface area (Å²) in [4.78, 5) is 14.3. The Bertz CT molecular complexity index is 795. The van der Waals surface area contributed by atoms with Crippen LogP contribution < -0.4 is 5.43 Å². The summed E-state index contributed by atoms with van der Waals surface area (Å²) in [6.45, 7) is 0. The Morgan fingerprint density at radius 2 is 1.60 bits per heavy atom. The highest BCUT2D eigenvalue weighted by Crippen LogP contribution is 2.24. The van der Waals surface area contributed by atoms with Crippen molar-refractivity contribution in [3.05, 3.63) is 61.4 Å². The third-order valence-corrected chi connectivity index (χ3v) is 4.88. The summed E-state index contributed by atoms with van der Waals surface area (Å²) in [5.74, 6) is -0.487. The Morgan fingerprint density at radius 1 is 1.00 bits per heavy atom. The van der Waals surface area contributed by atoms with Crippen LogP contribution in [0.4, 0.5) is 0 Å². The number of aromatic nitrogens is 1. The number of aromatic amines is 1. The fourth-order valence-electron chi connectivity index (χ4n) is 1.60. The van der Waals surface area contributed by atoms with Gasteiger partial charge in [-0.3, -0.25) is 4.79 Å². The van der Waals surface area contributed by atoms with Gasteiger partial charge in [0.25, 0.3) is 0 Å². The summed E-state index contributed by atoms with van der Waals surface area (Å²) in [5, 5.41) is 0.342. The van der Waals surface area contributed by atoms with E-state index in [9.17, 15) is 13.2 Å². The van der Waals surface area contributed by atoms with Crippen LogP contribution in [-0.4, -0.2) is 13.4 Å². The highest BCUT2D eigenvalue weighted by molar-refractivity contribution is 7.90. The van der Waals surface area contributed by atoms with Gasteiger partial charge in [-0.25, -0.2) is 8.42 Å². The van der Waals surface area contributed by atoms with Gasteiger partial charge in [0.15, 0.2) is 9.84 Å². The maximum Gasteiger partial charge on any atom is 0.204 e. The van der Waals surface area contributed by atoms with Crippen molar-refractivity contribution in [2.45, 2.75) is 10.6 Å². The smallest absolute Gasteiger partial charge is 0.204 e. The first-order chi connectivity index (χ1) is 9.29. The molecule has 1 aromatic heterocycles. The van der Waals surface area contributed by atoms with E-state index in [0.717, 1.165) is 0 Å². The van der Waals surface area contributed by atoms with Crippen molar-refractivity contribution in [2.75, 3.05) is 0 Å². The molecule has 0 fully saturated rings. The van der Waals surface area contributed by atoms with E-state index in [1.807, 2.05) is 0 Å². The van der Waals surface area contributed by atoms with Gasteiger partial charge in [0.05, 0.1) is 10.6 Å². The molecule has 20 heavy (non-hydrogen) atoms. The van der Waals surface area contributed by atoms with Crippen molar-refractivity contribution in [1.29, 1.82) is 0 Å². The summed E-state index contributed by atoms with van der Waals surface area (Å²) in [6, 6.07) is 3.98. The van der Waals surface area contributed by atoms with E-state index in [0.29, 0.717) is 0 Å². The van der Waals surface area contributed by atoms with Crippen LogP contribution in [-0.2, 0) is 15.6 Å². The van der Waals surface area contributed by atoms with Crippen LogP contribution in [0.1, 0.15) is 5.56 Å². The monoisotopic (exact) mass is 351 g/mol. The molecule has 0 aliphatic rings. The van der Waals surface area contributed by atoms with Crippen LogP contribution in [0.5, 0.6) is 0 Å². The molecule has 0 aliphatic carbocycles. The van der Waals surface area contributed by atoms with E-state index < -0.39 is 21.0 Å². The Kier molecular flexibility index (Phi) is 4.44. The average molecular weight is 353 g/mol. The fraction of sp³-hybridized carbons (Fsp3) is 0.0833. The molecular formula is C12H8Cl3NO3S. The lowest BCUT2D eigenvalue weighted by atomic mass is 10.3. The Balaban J connectivity index is 2.46. The molecule has 1 N–H and O–H groups in total. The first kappa shape index (κ1) is 15.4. The molecule has 0 saturated carbocycles. The molecule has 0 saturated heterocycles. The van der Waals surface area contributed by atoms with Gasteiger partial charge >= 0.3 is 0 Å². The summed E-state index contributed by atoms with van der Waals surface area (Å²) >= 11 is 17.2. The zero-order chi connectivity index (χ0) is 14.9. The van der Waals surface area contributed by atoms with E-state index in [4.69, 9.17) is 34.8 Å². The number of benzene rings is 1. The van der Waals surface area contributed by atoms with Gasteiger partial charge in [-0.1, -0.05) is 34.8 Å². The maximum absolute atomic E-state index is 12.3. The first-order valence-corrected chi connectivity index (χ1v) is 8.12. The molecule has 0 spiro atoms. The lowest BCUT2D eigenvalue weighted by Crippen LogP contribution is -2.15. The molecule has 0 aliphatic heterocycles. The molecule has 1 heterocycles. The van der Waals surface area contributed by atoms with Crippen molar-refractivity contribution >= 4 is 44.6 Å². The van der Waals surface area contributed by atoms with Crippen LogP contribution in [0.25, 0.3) is 0 Å². The molecule has 4 nitrogen and oxygen atoms in total. The minimum absolute atomic E-state index is 0.0469. The van der Waals surface area contributed by atoms with Gasteiger partial charge < -0.3 is 4.98 Å². The Hall–Kier alpha value is -1.01. The number of hydrogen-bond acceptors (Lipinski definition) is 3. The molecule has 1 aromatic carbocycles. The molecule has 2 rings (SSSR count). The zero-order valence-corrected chi connectivity index (χ0v) is 12.9.